The van der Waals surface area contributed by atoms with Crippen molar-refractivity contribution in [3.05, 3.63) is 52.5 Å². The van der Waals surface area contributed by atoms with E-state index in [-0.39, 0.29) is 31.0 Å². The van der Waals surface area contributed by atoms with Crippen molar-refractivity contribution >= 4 is 27.7 Å². The van der Waals surface area contributed by atoms with Crippen molar-refractivity contribution < 1.29 is 23.8 Å². The Bertz CT molecular complexity index is 881. The molecule has 7 nitrogen and oxygen atoms in total. The zero-order valence-corrected chi connectivity index (χ0v) is 20.1. The standard InChI is InChI=1S/C23H29BrN2O5/c1-15(2)25-23(28)16(3)26(13-17-7-6-8-18(24)9-17)22(27)14-31-21-11-19(29-4)10-20(12-21)30-5/h6-12,15-16H,13-14H2,1-5H3,(H,25,28)/t16-/m1/s1. The fraction of sp³-hybridized carbons (Fsp3) is 0.391. The van der Waals surface area contributed by atoms with Gasteiger partial charge in [-0.25, -0.2) is 0 Å². The number of hydrogen-bond acceptors (Lipinski definition) is 5. The minimum Gasteiger partial charge on any atom is -0.496 e. The number of nitrogens with one attached hydrogen (secondary N) is 1. The molecule has 0 aliphatic carbocycles. The molecule has 0 aromatic heterocycles. The maximum Gasteiger partial charge on any atom is 0.261 e. The van der Waals surface area contributed by atoms with Crippen LogP contribution in [-0.2, 0) is 16.1 Å². The highest BCUT2D eigenvalue weighted by Crippen LogP contribution is 2.27. The molecule has 0 saturated carbocycles. The van der Waals surface area contributed by atoms with Crippen molar-refractivity contribution in [2.24, 2.45) is 0 Å². The minimum atomic E-state index is -0.669. The molecule has 168 valence electrons. The summed E-state index contributed by atoms with van der Waals surface area (Å²) in [5.74, 6) is 1.01. The van der Waals surface area contributed by atoms with E-state index in [1.165, 1.54) is 4.90 Å². The van der Waals surface area contributed by atoms with E-state index in [2.05, 4.69) is 21.2 Å². The van der Waals surface area contributed by atoms with E-state index >= 15 is 0 Å². The van der Waals surface area contributed by atoms with Gasteiger partial charge in [0.15, 0.2) is 6.61 Å². The number of nitrogens with zero attached hydrogens (tertiary/aromatic N) is 1. The van der Waals surface area contributed by atoms with E-state index in [4.69, 9.17) is 14.2 Å². The Balaban J connectivity index is 2.19. The van der Waals surface area contributed by atoms with Crippen LogP contribution < -0.4 is 19.5 Å². The highest BCUT2D eigenvalue weighted by Gasteiger charge is 2.27. The molecule has 0 fully saturated rings. The van der Waals surface area contributed by atoms with Gasteiger partial charge in [-0.05, 0) is 38.5 Å². The summed E-state index contributed by atoms with van der Waals surface area (Å²) in [5.41, 5.74) is 0.898. The highest BCUT2D eigenvalue weighted by molar-refractivity contribution is 9.10. The Kier molecular flexibility index (Phi) is 9.18. The number of ether oxygens (including phenoxy) is 3. The van der Waals surface area contributed by atoms with Gasteiger partial charge in [0.05, 0.1) is 14.2 Å². The fourth-order valence-corrected chi connectivity index (χ4v) is 3.36. The first-order chi connectivity index (χ1) is 14.7. The number of rotatable bonds is 10. The number of amides is 2. The van der Waals surface area contributed by atoms with Crippen LogP contribution in [0, 0.1) is 0 Å². The lowest BCUT2D eigenvalue weighted by atomic mass is 10.1. The molecular formula is C23H29BrN2O5. The number of hydrogen-bond donors (Lipinski definition) is 1. The number of benzene rings is 2. The van der Waals surface area contributed by atoms with Gasteiger partial charge < -0.3 is 24.4 Å². The summed E-state index contributed by atoms with van der Waals surface area (Å²) in [7, 11) is 3.08. The molecule has 8 heteroatoms. The second kappa shape index (κ2) is 11.6. The predicted molar refractivity (Wildman–Crippen MR) is 122 cm³/mol. The van der Waals surface area contributed by atoms with Gasteiger partial charge in [-0.15, -0.1) is 0 Å². The third-order valence-electron chi connectivity index (χ3n) is 4.53. The molecule has 31 heavy (non-hydrogen) atoms. The average Bonchev–Trinajstić information content (AvgIpc) is 2.74. The van der Waals surface area contributed by atoms with E-state index in [1.54, 1.807) is 39.3 Å². The Labute approximate surface area is 191 Å². The van der Waals surface area contributed by atoms with Crippen molar-refractivity contribution in [2.45, 2.75) is 39.4 Å². The number of carbonyl (C=O) groups is 2. The Hall–Kier alpha value is -2.74. The van der Waals surface area contributed by atoms with Gasteiger partial charge >= 0.3 is 0 Å². The van der Waals surface area contributed by atoms with Crippen molar-refractivity contribution in [2.75, 3.05) is 20.8 Å². The normalized spacial score (nSPS) is 11.6. The summed E-state index contributed by atoms with van der Waals surface area (Å²) in [4.78, 5) is 27.2. The van der Waals surface area contributed by atoms with E-state index < -0.39 is 6.04 Å². The molecular weight excluding hydrogens is 464 g/mol. The molecule has 0 radical (unpaired) electrons. The Morgan fingerprint density at radius 3 is 2.16 bits per heavy atom. The number of carbonyl (C=O) groups excluding carboxylic acids is 2. The molecule has 0 spiro atoms. The maximum atomic E-state index is 13.1. The van der Waals surface area contributed by atoms with Gasteiger partial charge in [-0.3, -0.25) is 9.59 Å². The van der Waals surface area contributed by atoms with Crippen molar-refractivity contribution in [1.29, 1.82) is 0 Å². The lowest BCUT2D eigenvalue weighted by Crippen LogP contribution is -2.50. The second-order valence-corrected chi connectivity index (χ2v) is 8.24. The zero-order chi connectivity index (χ0) is 23.0. The maximum absolute atomic E-state index is 13.1. The largest absolute Gasteiger partial charge is 0.496 e. The number of halogens is 1. The molecule has 0 saturated heterocycles. The lowest BCUT2D eigenvalue weighted by molar-refractivity contribution is -0.142. The first-order valence-corrected chi connectivity index (χ1v) is 10.7. The number of methoxy groups -OCH3 is 2. The van der Waals surface area contributed by atoms with Crippen LogP contribution in [0.25, 0.3) is 0 Å². The molecule has 1 atom stereocenters. The Morgan fingerprint density at radius 1 is 1.00 bits per heavy atom. The van der Waals surface area contributed by atoms with Crippen LogP contribution in [0.15, 0.2) is 46.9 Å². The topological polar surface area (TPSA) is 77.1 Å². The third kappa shape index (κ3) is 7.47. The first-order valence-electron chi connectivity index (χ1n) is 9.93. The van der Waals surface area contributed by atoms with Gasteiger partial charge in [0.1, 0.15) is 23.3 Å². The molecule has 0 heterocycles. The molecule has 0 unspecified atom stereocenters. The van der Waals surface area contributed by atoms with Crippen LogP contribution in [0.1, 0.15) is 26.3 Å². The molecule has 2 rings (SSSR count). The molecule has 1 N–H and O–H groups in total. The van der Waals surface area contributed by atoms with Gasteiger partial charge in [0, 0.05) is 35.3 Å². The van der Waals surface area contributed by atoms with E-state index in [0.717, 1.165) is 10.0 Å². The Morgan fingerprint density at radius 2 is 1.61 bits per heavy atom. The van der Waals surface area contributed by atoms with E-state index in [0.29, 0.717) is 17.2 Å². The summed E-state index contributed by atoms with van der Waals surface area (Å²) in [5, 5.41) is 2.86. The van der Waals surface area contributed by atoms with Crippen LogP contribution in [0.3, 0.4) is 0 Å². The monoisotopic (exact) mass is 492 g/mol. The van der Waals surface area contributed by atoms with Gasteiger partial charge in [0.25, 0.3) is 5.91 Å². The molecule has 2 aromatic carbocycles. The van der Waals surface area contributed by atoms with Crippen molar-refractivity contribution in [3.8, 4) is 17.2 Å². The quantitative estimate of drug-likeness (QED) is 0.545. The van der Waals surface area contributed by atoms with Crippen LogP contribution in [-0.4, -0.2) is 49.6 Å². The van der Waals surface area contributed by atoms with Gasteiger partial charge in [-0.1, -0.05) is 28.1 Å². The zero-order valence-electron chi connectivity index (χ0n) is 18.5. The summed E-state index contributed by atoms with van der Waals surface area (Å²) < 4.78 is 17.1. The van der Waals surface area contributed by atoms with E-state index in [9.17, 15) is 9.59 Å². The molecule has 0 aliphatic rings. The average molecular weight is 493 g/mol. The van der Waals surface area contributed by atoms with Gasteiger partial charge in [-0.2, -0.15) is 0 Å². The second-order valence-electron chi connectivity index (χ2n) is 7.33. The molecule has 2 aromatic rings. The highest BCUT2D eigenvalue weighted by atomic mass is 79.9. The molecule has 0 bridgehead atoms. The summed E-state index contributed by atoms with van der Waals surface area (Å²) in [6.45, 7) is 5.51. The predicted octanol–water partition coefficient (Wildman–Crippen LogP) is 3.79. The van der Waals surface area contributed by atoms with Crippen molar-refractivity contribution in [1.82, 2.24) is 10.2 Å². The van der Waals surface area contributed by atoms with Crippen LogP contribution in [0.4, 0.5) is 0 Å². The summed E-state index contributed by atoms with van der Waals surface area (Å²) in [6, 6.07) is 12.0. The van der Waals surface area contributed by atoms with E-state index in [1.807, 2.05) is 38.1 Å². The minimum absolute atomic E-state index is 0.0294. The molecule has 0 aliphatic heterocycles. The molecule has 2 amide bonds. The van der Waals surface area contributed by atoms with Crippen LogP contribution in [0.5, 0.6) is 17.2 Å². The lowest BCUT2D eigenvalue weighted by Gasteiger charge is -2.29. The van der Waals surface area contributed by atoms with Crippen molar-refractivity contribution in [3.63, 3.8) is 0 Å². The smallest absolute Gasteiger partial charge is 0.261 e. The van der Waals surface area contributed by atoms with Crippen LogP contribution >= 0.6 is 15.9 Å². The van der Waals surface area contributed by atoms with Crippen LogP contribution in [0.2, 0.25) is 0 Å². The van der Waals surface area contributed by atoms with Gasteiger partial charge in [0.2, 0.25) is 5.91 Å². The summed E-state index contributed by atoms with van der Waals surface area (Å²) in [6.07, 6.45) is 0. The SMILES string of the molecule is COc1cc(OC)cc(OCC(=O)N(Cc2cccc(Br)c2)[C@H](C)C(=O)NC(C)C)c1. The first kappa shape index (κ1) is 24.5. The fourth-order valence-electron chi connectivity index (χ4n) is 2.91. The summed E-state index contributed by atoms with van der Waals surface area (Å²) >= 11 is 3.45. The third-order valence-corrected chi connectivity index (χ3v) is 5.02.